The lowest BCUT2D eigenvalue weighted by molar-refractivity contribution is -0.161. The third-order valence-electron chi connectivity index (χ3n) is 9.61. The molecule has 1 aromatic heterocycles. The second-order valence-corrected chi connectivity index (χ2v) is 16.3. The summed E-state index contributed by atoms with van der Waals surface area (Å²) < 4.78 is 38.8. The summed E-state index contributed by atoms with van der Waals surface area (Å²) in [4.78, 5) is 35.0. The number of aryl methyl sites for hydroxylation is 2. The standard InChI is InChI=1S/C45H76NO11P/c1-5-7-9-10-13-19-25-39(47)26-20-16-17-21-27-40(48)28-24-32-45(50)56-41(36-55-58(51,52)54-34-33-46)35-53-44(49)31-23-15-12-11-14-22-30-43-38(4)37(3)42(57-43)29-18-8-6-2/h13,16-17,19-21,26-27,39-41,47-48H,5-12,14-15,18,22-25,28-36,46H2,1-4H3,(H,51,52)/b17-16+,19-13-,26-20+,27-21-/t39-,40-,41+/m0/s1. The second-order valence-electron chi connectivity index (χ2n) is 14.8. The Balaban J connectivity index is 2.41. The molecule has 0 fully saturated rings. The van der Waals surface area contributed by atoms with Crippen LogP contribution >= 0.6 is 7.82 Å². The van der Waals surface area contributed by atoms with Crippen LogP contribution in [0.4, 0.5) is 0 Å². The number of esters is 2. The van der Waals surface area contributed by atoms with Gasteiger partial charge in [-0.3, -0.25) is 18.6 Å². The number of carbonyl (C=O) groups excluding carboxylic acids is 2. The Kier molecular flexibility index (Phi) is 31.1. The van der Waals surface area contributed by atoms with E-state index in [-0.39, 0.29) is 39.0 Å². The fourth-order valence-corrected chi connectivity index (χ4v) is 6.77. The predicted octanol–water partition coefficient (Wildman–Crippen LogP) is 9.54. The van der Waals surface area contributed by atoms with Crippen molar-refractivity contribution >= 4 is 19.8 Å². The van der Waals surface area contributed by atoms with Crippen molar-refractivity contribution in [1.82, 2.24) is 0 Å². The van der Waals surface area contributed by atoms with Crippen LogP contribution in [-0.4, -0.2) is 71.7 Å². The van der Waals surface area contributed by atoms with Gasteiger partial charge in [0, 0.05) is 32.2 Å². The maximum Gasteiger partial charge on any atom is 0.472 e. The van der Waals surface area contributed by atoms with Crippen LogP contribution in [0.25, 0.3) is 0 Å². The van der Waals surface area contributed by atoms with Crippen LogP contribution in [0.5, 0.6) is 0 Å². The topological polar surface area (TPSA) is 188 Å². The fourth-order valence-electron chi connectivity index (χ4n) is 6.01. The van der Waals surface area contributed by atoms with Crippen LogP contribution in [0.3, 0.4) is 0 Å². The smallest absolute Gasteiger partial charge is 0.466 e. The second kappa shape index (κ2) is 33.9. The molecule has 0 aliphatic rings. The van der Waals surface area contributed by atoms with Gasteiger partial charge in [0.05, 0.1) is 25.4 Å². The first-order chi connectivity index (χ1) is 27.9. The first-order valence-corrected chi connectivity index (χ1v) is 23.2. The summed E-state index contributed by atoms with van der Waals surface area (Å²) in [6.45, 7) is 7.59. The molecule has 1 heterocycles. The number of aliphatic hydroxyl groups is 2. The molecular weight excluding hydrogens is 761 g/mol. The lowest BCUT2D eigenvalue weighted by Gasteiger charge is -2.20. The Morgan fingerprint density at radius 1 is 0.724 bits per heavy atom. The van der Waals surface area contributed by atoms with E-state index in [0.29, 0.717) is 19.3 Å². The van der Waals surface area contributed by atoms with Crippen LogP contribution in [0.15, 0.2) is 53.0 Å². The van der Waals surface area contributed by atoms with Crippen LogP contribution in [0.1, 0.15) is 152 Å². The highest BCUT2D eigenvalue weighted by atomic mass is 31.2. The number of unbranched alkanes of at least 4 members (excludes halogenated alkanes) is 10. The number of ether oxygens (including phenoxy) is 2. The van der Waals surface area contributed by atoms with Crippen molar-refractivity contribution in [1.29, 1.82) is 0 Å². The Labute approximate surface area is 348 Å². The fraction of sp³-hybridized carbons (Fsp3) is 0.689. The summed E-state index contributed by atoms with van der Waals surface area (Å²) in [6.07, 6.45) is 29.0. The number of hydrogen-bond donors (Lipinski definition) is 4. The summed E-state index contributed by atoms with van der Waals surface area (Å²) in [5.74, 6) is 1.14. The molecule has 0 saturated carbocycles. The predicted molar refractivity (Wildman–Crippen MR) is 230 cm³/mol. The van der Waals surface area contributed by atoms with Gasteiger partial charge in [-0.05, 0) is 76.3 Å². The minimum absolute atomic E-state index is 0.00416. The van der Waals surface area contributed by atoms with Gasteiger partial charge >= 0.3 is 19.8 Å². The Morgan fingerprint density at radius 2 is 1.31 bits per heavy atom. The first-order valence-electron chi connectivity index (χ1n) is 21.7. The van der Waals surface area contributed by atoms with Crippen molar-refractivity contribution in [3.8, 4) is 0 Å². The quantitative estimate of drug-likeness (QED) is 0.0165. The Morgan fingerprint density at radius 3 is 1.97 bits per heavy atom. The molecule has 0 amide bonds. The molecule has 4 atom stereocenters. The highest BCUT2D eigenvalue weighted by Crippen LogP contribution is 2.43. The molecule has 12 nitrogen and oxygen atoms in total. The number of allylic oxidation sites excluding steroid dienone is 5. The molecule has 58 heavy (non-hydrogen) atoms. The van der Waals surface area contributed by atoms with E-state index in [9.17, 15) is 29.3 Å². The number of hydrogen-bond acceptors (Lipinski definition) is 11. The van der Waals surface area contributed by atoms with Crippen molar-refractivity contribution in [2.45, 2.75) is 174 Å². The number of carbonyl (C=O) groups is 2. The van der Waals surface area contributed by atoms with Crippen molar-refractivity contribution in [3.63, 3.8) is 0 Å². The number of phosphoric acid groups is 1. The third-order valence-corrected chi connectivity index (χ3v) is 10.6. The van der Waals surface area contributed by atoms with Crippen LogP contribution in [0.2, 0.25) is 0 Å². The van der Waals surface area contributed by atoms with E-state index in [0.717, 1.165) is 75.7 Å². The van der Waals surface area contributed by atoms with E-state index >= 15 is 0 Å². The molecule has 332 valence electrons. The van der Waals surface area contributed by atoms with Gasteiger partial charge in [-0.15, -0.1) is 0 Å². The number of nitrogens with two attached hydrogens (primary N) is 1. The molecule has 0 aliphatic heterocycles. The average molecular weight is 838 g/mol. The van der Waals surface area contributed by atoms with Gasteiger partial charge in [0.15, 0.2) is 6.10 Å². The number of aliphatic hydroxyl groups excluding tert-OH is 2. The van der Waals surface area contributed by atoms with E-state index in [1.54, 1.807) is 36.5 Å². The molecule has 13 heteroatoms. The van der Waals surface area contributed by atoms with Gasteiger partial charge in [0.2, 0.25) is 0 Å². The SMILES string of the molecule is CCCCC/C=C\C[C@H](O)/C=C/C=C/C=C\[C@H](O)CCCC(=O)O[C@H](COC(=O)CCCCCCCCc1oc(CCCCC)c(C)c1C)COP(=O)(O)OCCN. The van der Waals surface area contributed by atoms with Gasteiger partial charge in [-0.2, -0.15) is 0 Å². The van der Waals surface area contributed by atoms with Gasteiger partial charge in [-0.1, -0.05) is 114 Å². The maximum atomic E-state index is 12.6. The first kappa shape index (κ1) is 53.2. The van der Waals surface area contributed by atoms with E-state index in [4.69, 9.17) is 28.7 Å². The minimum Gasteiger partial charge on any atom is -0.466 e. The van der Waals surface area contributed by atoms with Crippen LogP contribution < -0.4 is 5.73 Å². The molecule has 1 aromatic rings. The summed E-state index contributed by atoms with van der Waals surface area (Å²) in [6, 6.07) is 0. The van der Waals surface area contributed by atoms with Crippen LogP contribution in [0, 0.1) is 13.8 Å². The largest absolute Gasteiger partial charge is 0.472 e. The summed E-state index contributed by atoms with van der Waals surface area (Å²) in [5, 5.41) is 20.3. The molecule has 0 radical (unpaired) electrons. The maximum absolute atomic E-state index is 12.6. The number of rotatable bonds is 36. The molecule has 0 saturated heterocycles. The summed E-state index contributed by atoms with van der Waals surface area (Å²) in [5.41, 5.74) is 7.91. The van der Waals surface area contributed by atoms with E-state index in [1.807, 2.05) is 6.08 Å². The Hall–Kier alpha value is -2.83. The number of furan rings is 1. The summed E-state index contributed by atoms with van der Waals surface area (Å²) in [7, 11) is -4.46. The highest BCUT2D eigenvalue weighted by Gasteiger charge is 2.26. The van der Waals surface area contributed by atoms with E-state index < -0.39 is 44.7 Å². The summed E-state index contributed by atoms with van der Waals surface area (Å²) >= 11 is 0. The zero-order valence-corrected chi connectivity index (χ0v) is 36.8. The van der Waals surface area contributed by atoms with E-state index in [2.05, 4.69) is 33.8 Å². The highest BCUT2D eigenvalue weighted by molar-refractivity contribution is 7.47. The number of phosphoric ester groups is 1. The average Bonchev–Trinajstić information content (AvgIpc) is 3.46. The molecule has 0 spiro atoms. The van der Waals surface area contributed by atoms with Crippen molar-refractivity contribution < 1.29 is 52.2 Å². The molecule has 1 unspecified atom stereocenters. The molecule has 0 aromatic carbocycles. The molecule has 0 aliphatic carbocycles. The van der Waals surface area contributed by atoms with Gasteiger partial charge in [0.25, 0.3) is 0 Å². The van der Waals surface area contributed by atoms with Gasteiger partial charge < -0.3 is 34.7 Å². The van der Waals surface area contributed by atoms with Gasteiger partial charge in [-0.25, -0.2) is 4.57 Å². The Bertz CT molecular complexity index is 1400. The van der Waals surface area contributed by atoms with Crippen LogP contribution in [-0.2, 0) is 45.5 Å². The molecule has 5 N–H and O–H groups in total. The van der Waals surface area contributed by atoms with E-state index in [1.165, 1.54) is 36.8 Å². The van der Waals surface area contributed by atoms with Crippen molar-refractivity contribution in [2.75, 3.05) is 26.4 Å². The normalized spacial score (nSPS) is 14.8. The minimum atomic E-state index is -4.46. The van der Waals surface area contributed by atoms with Crippen molar-refractivity contribution in [3.05, 3.63) is 71.3 Å². The monoisotopic (exact) mass is 838 g/mol. The molecule has 0 bridgehead atoms. The molecular formula is C45H76NO11P. The lowest BCUT2D eigenvalue weighted by Crippen LogP contribution is -2.29. The zero-order valence-electron chi connectivity index (χ0n) is 36.0. The zero-order chi connectivity index (χ0) is 42.9. The molecule has 1 rings (SSSR count). The lowest BCUT2D eigenvalue weighted by atomic mass is 10.0. The van der Waals surface area contributed by atoms with Gasteiger partial charge in [0.1, 0.15) is 18.1 Å². The third kappa shape index (κ3) is 27.8. The van der Waals surface area contributed by atoms with Crippen molar-refractivity contribution in [2.24, 2.45) is 5.73 Å².